The van der Waals surface area contributed by atoms with Crippen molar-refractivity contribution in [2.24, 2.45) is 11.8 Å². The lowest BCUT2D eigenvalue weighted by Gasteiger charge is -2.49. The molecule has 1 heterocycles. The molecule has 0 saturated heterocycles. The van der Waals surface area contributed by atoms with E-state index < -0.39 is 5.54 Å². The number of rotatable bonds is 8. The van der Waals surface area contributed by atoms with Gasteiger partial charge in [0.15, 0.2) is 0 Å². The van der Waals surface area contributed by atoms with Crippen molar-refractivity contribution < 1.29 is 23.5 Å². The van der Waals surface area contributed by atoms with Gasteiger partial charge in [-0.05, 0) is 79.3 Å². The molecule has 3 atom stereocenters. The molecule has 7 nitrogen and oxygen atoms in total. The van der Waals surface area contributed by atoms with E-state index >= 15 is 0 Å². The molecule has 0 bridgehead atoms. The zero-order valence-electron chi connectivity index (χ0n) is 20.7. The molecule has 1 N–H and O–H groups in total. The van der Waals surface area contributed by atoms with Crippen molar-refractivity contribution in [2.45, 2.75) is 44.2 Å². The van der Waals surface area contributed by atoms with Gasteiger partial charge in [0.25, 0.3) is 0 Å². The number of methoxy groups -OCH3 is 2. The fraction of sp³-hybridized carbons (Fsp3) is 0.379. The summed E-state index contributed by atoms with van der Waals surface area (Å²) in [5.74, 6) is 2.37. The van der Waals surface area contributed by atoms with Gasteiger partial charge in [-0.25, -0.2) is 0 Å². The lowest BCUT2D eigenvalue weighted by Crippen LogP contribution is -2.60. The third kappa shape index (κ3) is 4.45. The maximum Gasteiger partial charge on any atom is 0.250 e. The maximum atomic E-state index is 14.1. The Morgan fingerprint density at radius 3 is 2.53 bits per heavy atom. The molecule has 2 amide bonds. The number of hydrogen-bond acceptors (Lipinski definition) is 5. The molecule has 1 saturated carbocycles. The summed E-state index contributed by atoms with van der Waals surface area (Å²) in [4.78, 5) is 28.3. The number of amides is 2. The number of carbonyl (C=O) groups excluding carboxylic acids is 2. The molecule has 188 valence electrons. The molecular weight excluding hydrogens is 456 g/mol. The van der Waals surface area contributed by atoms with E-state index in [1.54, 1.807) is 49.6 Å². The van der Waals surface area contributed by atoms with Gasteiger partial charge in [0.2, 0.25) is 12.3 Å². The number of furan rings is 1. The van der Waals surface area contributed by atoms with Crippen LogP contribution in [-0.2, 0) is 29.0 Å². The number of hydrogen-bond donors (Lipinski definition) is 1. The van der Waals surface area contributed by atoms with Gasteiger partial charge in [-0.2, -0.15) is 0 Å². The van der Waals surface area contributed by atoms with Gasteiger partial charge in [-0.15, -0.1) is 0 Å². The first-order chi connectivity index (χ1) is 17.6. The summed E-state index contributed by atoms with van der Waals surface area (Å²) in [5, 5.41) is 3.08. The van der Waals surface area contributed by atoms with Crippen LogP contribution in [0.5, 0.6) is 11.5 Å². The first kappa shape index (κ1) is 24.0. The first-order valence-corrected chi connectivity index (χ1v) is 12.4. The topological polar surface area (TPSA) is 81.0 Å². The van der Waals surface area contributed by atoms with E-state index in [0.29, 0.717) is 47.6 Å². The van der Waals surface area contributed by atoms with Crippen molar-refractivity contribution >= 4 is 18.0 Å². The zero-order chi connectivity index (χ0) is 25.1. The van der Waals surface area contributed by atoms with Crippen LogP contribution in [0.25, 0.3) is 0 Å². The highest BCUT2D eigenvalue weighted by Gasteiger charge is 2.51. The van der Waals surface area contributed by atoms with Crippen molar-refractivity contribution in [3.05, 3.63) is 77.7 Å². The summed E-state index contributed by atoms with van der Waals surface area (Å²) >= 11 is 0. The molecule has 1 fully saturated rings. The number of benzene rings is 2. The average molecular weight is 489 g/mol. The van der Waals surface area contributed by atoms with Crippen LogP contribution in [0.15, 0.2) is 65.3 Å². The van der Waals surface area contributed by atoms with E-state index in [-0.39, 0.29) is 12.5 Å². The summed E-state index contributed by atoms with van der Waals surface area (Å²) in [6, 6.07) is 17.5. The Morgan fingerprint density at radius 1 is 1.08 bits per heavy atom. The van der Waals surface area contributed by atoms with Crippen LogP contribution < -0.4 is 14.8 Å². The molecule has 2 aromatic carbocycles. The minimum absolute atomic E-state index is 0.207. The molecule has 5 rings (SSSR count). The van der Waals surface area contributed by atoms with Crippen molar-refractivity contribution in [2.75, 3.05) is 19.5 Å². The van der Waals surface area contributed by atoms with Crippen LogP contribution >= 0.6 is 0 Å². The Hall–Kier alpha value is -3.74. The van der Waals surface area contributed by atoms with E-state index in [0.717, 1.165) is 25.7 Å². The van der Waals surface area contributed by atoms with Crippen molar-refractivity contribution in [1.82, 2.24) is 4.90 Å². The van der Waals surface area contributed by atoms with Gasteiger partial charge in [0.05, 0.1) is 32.7 Å². The standard InChI is InChI=1S/C29H32N2O5/c1-34-24-9-10-26(27(16-24)35-2)30-28(33)29(31(19-32)18-25-8-5-13-36-25)12-11-22-14-20-6-3-4-7-21(20)15-23(22)17-29/h3-10,13,16,19,22-23H,11-12,14-15,17-18H2,1-2H3,(H,30,33). The van der Waals surface area contributed by atoms with Crippen LogP contribution in [0.4, 0.5) is 5.69 Å². The predicted molar refractivity (Wildman–Crippen MR) is 136 cm³/mol. The fourth-order valence-electron chi connectivity index (χ4n) is 5.99. The van der Waals surface area contributed by atoms with E-state index in [1.165, 1.54) is 11.1 Å². The van der Waals surface area contributed by atoms with Gasteiger partial charge in [-0.3, -0.25) is 9.59 Å². The SMILES string of the molecule is COc1ccc(NC(=O)C2(N(C=O)Cc3ccco3)CCC3Cc4ccccc4CC3C2)c(OC)c1. The molecule has 36 heavy (non-hydrogen) atoms. The van der Waals surface area contributed by atoms with Crippen molar-refractivity contribution in [3.63, 3.8) is 0 Å². The Balaban J connectivity index is 1.48. The second-order valence-corrected chi connectivity index (χ2v) is 9.80. The van der Waals surface area contributed by atoms with Gasteiger partial charge in [0, 0.05) is 6.07 Å². The smallest absolute Gasteiger partial charge is 0.250 e. The average Bonchev–Trinajstić information content (AvgIpc) is 3.43. The van der Waals surface area contributed by atoms with E-state index in [4.69, 9.17) is 13.9 Å². The van der Waals surface area contributed by atoms with Crippen molar-refractivity contribution in [3.8, 4) is 11.5 Å². The predicted octanol–water partition coefficient (Wildman–Crippen LogP) is 4.85. The quantitative estimate of drug-likeness (QED) is 0.459. The number of ether oxygens (including phenoxy) is 2. The highest BCUT2D eigenvalue weighted by Crippen LogP contribution is 2.46. The Morgan fingerprint density at radius 2 is 1.86 bits per heavy atom. The van der Waals surface area contributed by atoms with Gasteiger partial charge in [0.1, 0.15) is 22.8 Å². The van der Waals surface area contributed by atoms with E-state index in [2.05, 4.69) is 29.6 Å². The minimum Gasteiger partial charge on any atom is -0.497 e. The lowest BCUT2D eigenvalue weighted by atomic mass is 9.62. The molecule has 1 aromatic heterocycles. The van der Waals surface area contributed by atoms with Gasteiger partial charge < -0.3 is 24.1 Å². The molecule has 3 aromatic rings. The van der Waals surface area contributed by atoms with Crippen LogP contribution in [-0.4, -0.2) is 37.0 Å². The Labute approximate surface area is 211 Å². The zero-order valence-corrected chi connectivity index (χ0v) is 20.7. The molecule has 0 aliphatic heterocycles. The van der Waals surface area contributed by atoms with Crippen LogP contribution in [0.2, 0.25) is 0 Å². The van der Waals surface area contributed by atoms with Gasteiger partial charge in [-0.1, -0.05) is 24.3 Å². The minimum atomic E-state index is -1.01. The molecule has 2 aliphatic rings. The molecule has 0 spiro atoms. The summed E-state index contributed by atoms with van der Waals surface area (Å²) < 4.78 is 16.4. The first-order valence-electron chi connectivity index (χ1n) is 12.4. The second-order valence-electron chi connectivity index (χ2n) is 9.80. The third-order valence-electron chi connectivity index (χ3n) is 7.94. The summed E-state index contributed by atoms with van der Waals surface area (Å²) in [7, 11) is 3.14. The van der Waals surface area contributed by atoms with Crippen molar-refractivity contribution in [1.29, 1.82) is 0 Å². The number of anilines is 1. The highest BCUT2D eigenvalue weighted by molar-refractivity contribution is 6.00. The van der Waals surface area contributed by atoms with E-state index in [1.807, 2.05) is 6.07 Å². The van der Waals surface area contributed by atoms with E-state index in [9.17, 15) is 9.59 Å². The Kier molecular flexibility index (Phi) is 6.72. The highest BCUT2D eigenvalue weighted by atomic mass is 16.5. The van der Waals surface area contributed by atoms with Crippen LogP contribution in [0, 0.1) is 11.8 Å². The molecule has 3 unspecified atom stereocenters. The maximum absolute atomic E-state index is 14.1. The lowest BCUT2D eigenvalue weighted by molar-refractivity contribution is -0.143. The number of nitrogens with zero attached hydrogens (tertiary/aromatic N) is 1. The fourth-order valence-corrected chi connectivity index (χ4v) is 5.99. The molecular formula is C29H32N2O5. The second kappa shape index (κ2) is 10.1. The number of nitrogens with one attached hydrogen (secondary N) is 1. The third-order valence-corrected chi connectivity index (χ3v) is 7.94. The number of carbonyl (C=O) groups is 2. The summed E-state index contributed by atoms with van der Waals surface area (Å²) in [6.45, 7) is 0.234. The van der Waals surface area contributed by atoms with Crippen LogP contribution in [0.1, 0.15) is 36.1 Å². The van der Waals surface area contributed by atoms with Gasteiger partial charge >= 0.3 is 0 Å². The normalized spacial score (nSPS) is 22.6. The summed E-state index contributed by atoms with van der Waals surface area (Å²) in [5.41, 5.74) is 2.28. The molecule has 0 radical (unpaired) electrons. The summed E-state index contributed by atoms with van der Waals surface area (Å²) in [6.07, 6.45) is 6.36. The Bertz CT molecular complexity index is 1220. The molecule has 7 heteroatoms. The monoisotopic (exact) mass is 488 g/mol. The van der Waals surface area contributed by atoms with Crippen LogP contribution in [0.3, 0.4) is 0 Å². The number of fused-ring (bicyclic) bond motifs is 2. The molecule has 2 aliphatic carbocycles. The largest absolute Gasteiger partial charge is 0.497 e.